The van der Waals surface area contributed by atoms with E-state index in [2.05, 4.69) is 0 Å². The van der Waals surface area contributed by atoms with Crippen LogP contribution in [0.3, 0.4) is 0 Å². The number of alkyl halides is 6. The molecule has 2 atom stereocenters. The molecule has 2 saturated heterocycles. The van der Waals surface area contributed by atoms with Gasteiger partial charge < -0.3 is 19.8 Å². The molecule has 0 saturated carbocycles. The van der Waals surface area contributed by atoms with Crippen LogP contribution in [0.2, 0.25) is 0 Å². The van der Waals surface area contributed by atoms with Crippen molar-refractivity contribution in [3.63, 3.8) is 0 Å². The van der Waals surface area contributed by atoms with Crippen LogP contribution in [0.25, 0.3) is 0 Å². The maximum atomic E-state index is 14.0. The molecule has 2 aromatic carbocycles. The van der Waals surface area contributed by atoms with E-state index in [-0.39, 0.29) is 43.0 Å². The highest BCUT2D eigenvalue weighted by Crippen LogP contribution is 2.39. The molecule has 14 heteroatoms. The Morgan fingerprint density at radius 3 is 2.00 bits per heavy atom. The van der Waals surface area contributed by atoms with E-state index in [1.54, 1.807) is 11.8 Å². The lowest BCUT2D eigenvalue weighted by Gasteiger charge is -2.42. The summed E-state index contributed by atoms with van der Waals surface area (Å²) in [6, 6.07) is 5.23. The van der Waals surface area contributed by atoms with Gasteiger partial charge in [0.1, 0.15) is 12.4 Å². The fourth-order valence-electron chi connectivity index (χ4n) is 6.30. The smallest absolute Gasteiger partial charge is 0.387 e. The van der Waals surface area contributed by atoms with Gasteiger partial charge in [0.05, 0.1) is 11.1 Å². The van der Waals surface area contributed by atoms with Gasteiger partial charge in [-0.05, 0) is 73.2 Å². The lowest BCUT2D eigenvalue weighted by atomic mass is 9.77. The van der Waals surface area contributed by atoms with E-state index in [1.807, 2.05) is 0 Å². The Bertz CT molecular complexity index is 1390. The summed E-state index contributed by atoms with van der Waals surface area (Å²) in [4.78, 5) is 43.3. The zero-order valence-electron chi connectivity index (χ0n) is 24.7. The van der Waals surface area contributed by atoms with E-state index >= 15 is 0 Å². The fraction of sp³-hybridized carbons (Fsp3) is 0.516. The number of halogens is 7. The van der Waals surface area contributed by atoms with Gasteiger partial charge in [0, 0.05) is 57.5 Å². The zero-order valence-corrected chi connectivity index (χ0v) is 24.7. The number of hydrogen-bond donors (Lipinski definition) is 1. The van der Waals surface area contributed by atoms with Gasteiger partial charge in [-0.3, -0.25) is 14.4 Å². The van der Waals surface area contributed by atoms with E-state index in [1.165, 1.54) is 30.1 Å². The third kappa shape index (κ3) is 7.95. The number of rotatable bonds is 6. The van der Waals surface area contributed by atoms with Crippen molar-refractivity contribution >= 4 is 17.7 Å². The van der Waals surface area contributed by atoms with Crippen molar-refractivity contribution in [1.82, 2.24) is 14.7 Å². The number of carbonyl (C=O) groups excluding carboxylic acids is 3. The van der Waals surface area contributed by atoms with Crippen molar-refractivity contribution in [1.29, 1.82) is 0 Å². The Labute approximate surface area is 255 Å². The molecule has 2 unspecified atom stereocenters. The predicted molar refractivity (Wildman–Crippen MR) is 148 cm³/mol. The molecule has 3 amide bonds. The van der Waals surface area contributed by atoms with E-state index in [0.29, 0.717) is 49.2 Å². The molecular formula is C31H34F7N3O4. The van der Waals surface area contributed by atoms with E-state index in [0.717, 1.165) is 4.90 Å². The van der Waals surface area contributed by atoms with Crippen LogP contribution >= 0.6 is 0 Å². The molecule has 2 heterocycles. The van der Waals surface area contributed by atoms with Crippen LogP contribution in [-0.4, -0.2) is 77.4 Å². The molecule has 2 fully saturated rings. The predicted octanol–water partition coefficient (Wildman–Crippen LogP) is 4.99. The fourth-order valence-corrected chi connectivity index (χ4v) is 6.30. The average Bonchev–Trinajstić information content (AvgIpc) is 2.98. The number of carbonyl (C=O) groups is 3. The maximum Gasteiger partial charge on any atom is 0.416 e. The Morgan fingerprint density at radius 2 is 1.47 bits per heavy atom. The molecule has 2 aromatic rings. The quantitative estimate of drug-likeness (QED) is 0.449. The summed E-state index contributed by atoms with van der Waals surface area (Å²) in [7, 11) is 1.30. The number of nitrogens with zero attached hydrogens (tertiary/aromatic N) is 3. The molecule has 2 aliphatic heterocycles. The van der Waals surface area contributed by atoms with Gasteiger partial charge in [-0.2, -0.15) is 26.3 Å². The molecule has 4 rings (SSSR count). The Kier molecular flexibility index (Phi) is 10.1. The van der Waals surface area contributed by atoms with Crippen molar-refractivity contribution in [2.24, 2.45) is 11.8 Å². The number of likely N-dealkylation sites (tertiary alicyclic amines) is 2. The number of hydrogen-bond acceptors (Lipinski definition) is 4. The second-order valence-electron chi connectivity index (χ2n) is 11.7. The Balaban J connectivity index is 1.56. The number of benzene rings is 2. The third-order valence-corrected chi connectivity index (χ3v) is 8.65. The zero-order chi connectivity index (χ0) is 33.3. The first-order chi connectivity index (χ1) is 21.0. The molecule has 45 heavy (non-hydrogen) atoms. The van der Waals surface area contributed by atoms with Gasteiger partial charge in [0.2, 0.25) is 17.7 Å². The first kappa shape index (κ1) is 34.2. The molecule has 2 aliphatic rings. The number of aliphatic hydroxyl groups is 1. The number of aryl methyl sites for hydroxylation is 1. The lowest BCUT2D eigenvalue weighted by Crippen LogP contribution is -2.51. The number of aliphatic hydroxyl groups excluding tert-OH is 1. The van der Waals surface area contributed by atoms with Crippen LogP contribution in [0.5, 0.6) is 0 Å². The molecule has 0 spiro atoms. The molecular weight excluding hydrogens is 611 g/mol. The van der Waals surface area contributed by atoms with Crippen LogP contribution in [0.1, 0.15) is 53.0 Å². The summed E-state index contributed by atoms with van der Waals surface area (Å²) < 4.78 is 94.4. The van der Waals surface area contributed by atoms with E-state index < -0.39 is 66.1 Å². The maximum absolute atomic E-state index is 14.0. The summed E-state index contributed by atoms with van der Waals surface area (Å²) >= 11 is 0. The summed E-state index contributed by atoms with van der Waals surface area (Å²) in [6.45, 7) is 1.39. The average molecular weight is 646 g/mol. The third-order valence-electron chi connectivity index (χ3n) is 8.65. The van der Waals surface area contributed by atoms with Gasteiger partial charge in [-0.1, -0.05) is 6.07 Å². The van der Waals surface area contributed by atoms with Crippen LogP contribution in [0.15, 0.2) is 36.4 Å². The second-order valence-corrected chi connectivity index (χ2v) is 11.7. The first-order valence-corrected chi connectivity index (χ1v) is 14.5. The van der Waals surface area contributed by atoms with Crippen LogP contribution in [-0.2, 0) is 33.3 Å². The van der Waals surface area contributed by atoms with Crippen molar-refractivity contribution in [3.8, 4) is 0 Å². The minimum atomic E-state index is -5.03. The van der Waals surface area contributed by atoms with E-state index in [4.69, 9.17) is 5.11 Å². The molecule has 7 nitrogen and oxygen atoms in total. The molecule has 246 valence electrons. The highest BCUT2D eigenvalue weighted by atomic mass is 19.4. The lowest BCUT2D eigenvalue weighted by molar-refractivity contribution is -0.145. The number of amides is 3. The first-order valence-electron chi connectivity index (χ1n) is 14.5. The molecule has 0 radical (unpaired) electrons. The van der Waals surface area contributed by atoms with Gasteiger partial charge in [-0.15, -0.1) is 0 Å². The molecule has 0 aliphatic carbocycles. The Hall–Kier alpha value is -3.68. The minimum Gasteiger partial charge on any atom is -0.387 e. The molecule has 0 aromatic heterocycles. The normalized spacial score (nSPS) is 19.9. The van der Waals surface area contributed by atoms with Gasteiger partial charge in [0.15, 0.2) is 0 Å². The number of piperidine rings is 2. The Morgan fingerprint density at radius 1 is 0.889 bits per heavy atom. The van der Waals surface area contributed by atoms with Crippen LogP contribution < -0.4 is 0 Å². The summed E-state index contributed by atoms with van der Waals surface area (Å²) in [5, 5.41) is 9.11. The second kappa shape index (κ2) is 13.4. The van der Waals surface area contributed by atoms with E-state index in [9.17, 15) is 45.1 Å². The van der Waals surface area contributed by atoms with Gasteiger partial charge in [-0.25, -0.2) is 4.39 Å². The summed E-state index contributed by atoms with van der Waals surface area (Å²) in [5.74, 6) is -3.43. The van der Waals surface area contributed by atoms with Crippen molar-refractivity contribution in [2.75, 3.05) is 39.8 Å². The van der Waals surface area contributed by atoms with Gasteiger partial charge in [0.25, 0.3) is 0 Å². The van der Waals surface area contributed by atoms with Crippen molar-refractivity contribution in [3.05, 3.63) is 70.0 Å². The standard InChI is InChI=1S/C31H34F7N3O4/c1-18-11-23(32)3-4-24(18)26-16-41(28(44)20-5-8-40(9-6-20)27(43)17-42)10-7-25(26)29(45)39(2)15-19-12-21(30(33,34)35)14-22(13-19)31(36,37)38/h3-4,11-14,20,25-26,42H,5-10,15-17H2,1-2H3. The van der Waals surface area contributed by atoms with Crippen molar-refractivity contribution in [2.45, 2.75) is 51.0 Å². The highest BCUT2D eigenvalue weighted by molar-refractivity contribution is 5.83. The molecule has 0 bridgehead atoms. The molecule has 1 N–H and O–H groups in total. The van der Waals surface area contributed by atoms with Crippen molar-refractivity contribution < 1.29 is 50.2 Å². The largest absolute Gasteiger partial charge is 0.416 e. The van der Waals surface area contributed by atoms with Crippen LogP contribution in [0, 0.1) is 24.6 Å². The van der Waals surface area contributed by atoms with Gasteiger partial charge >= 0.3 is 12.4 Å². The SMILES string of the molecule is Cc1cc(F)ccc1C1CN(C(=O)C2CCN(C(=O)CO)CC2)CCC1C(=O)N(C)Cc1cc(C(F)(F)F)cc(C(F)(F)F)c1. The van der Waals surface area contributed by atoms with Crippen LogP contribution in [0.4, 0.5) is 30.7 Å². The summed E-state index contributed by atoms with van der Waals surface area (Å²) in [6.07, 6.45) is -9.12. The summed E-state index contributed by atoms with van der Waals surface area (Å²) in [5.41, 5.74) is -2.18. The monoisotopic (exact) mass is 645 g/mol. The highest BCUT2D eigenvalue weighted by Gasteiger charge is 2.41. The topological polar surface area (TPSA) is 81.2 Å². The minimum absolute atomic E-state index is 0.0275.